The van der Waals surface area contributed by atoms with Crippen LogP contribution in [0.15, 0.2) is 36.4 Å². The molecule has 0 bridgehead atoms. The van der Waals surface area contributed by atoms with Crippen molar-refractivity contribution in [1.82, 2.24) is 10.3 Å². The second-order valence-corrected chi connectivity index (χ2v) is 7.11. The topological polar surface area (TPSA) is 70.1 Å². The van der Waals surface area contributed by atoms with Gasteiger partial charge in [-0.25, -0.2) is 0 Å². The lowest BCUT2D eigenvalue weighted by Gasteiger charge is -2.24. The summed E-state index contributed by atoms with van der Waals surface area (Å²) in [5.74, 6) is 0.203. The highest BCUT2D eigenvalue weighted by Gasteiger charge is 2.22. The van der Waals surface area contributed by atoms with Crippen molar-refractivity contribution in [2.75, 3.05) is 0 Å². The Morgan fingerprint density at radius 2 is 2.17 bits per heavy atom. The Balaban J connectivity index is 1.73. The minimum atomic E-state index is -0.416. The normalized spacial score (nSPS) is 17.9. The van der Waals surface area contributed by atoms with Gasteiger partial charge in [-0.1, -0.05) is 18.2 Å². The van der Waals surface area contributed by atoms with Gasteiger partial charge >= 0.3 is 5.95 Å². The highest BCUT2D eigenvalue weighted by atomic mass is 16.7. The predicted molar refractivity (Wildman–Crippen MR) is 92.9 cm³/mol. The molecular weight excluding hydrogens is 302 g/mol. The molecule has 1 aromatic carbocycles. The van der Waals surface area contributed by atoms with Crippen LogP contribution in [-0.4, -0.2) is 16.6 Å². The average Bonchev–Trinajstić information content (AvgIpc) is 2.89. The van der Waals surface area contributed by atoms with Crippen LogP contribution >= 0.6 is 0 Å². The molecule has 5 heteroatoms. The minimum absolute atomic E-state index is 0.203. The van der Waals surface area contributed by atoms with E-state index in [1.807, 2.05) is 20.8 Å². The maximum Gasteiger partial charge on any atom is 0.312 e. The minimum Gasteiger partial charge on any atom is -0.458 e. The second kappa shape index (κ2) is 6.48. The van der Waals surface area contributed by atoms with Gasteiger partial charge in [-0.2, -0.15) is 0 Å². The van der Waals surface area contributed by atoms with E-state index < -0.39 is 5.60 Å². The third kappa shape index (κ3) is 3.65. The average molecular weight is 325 g/mol. The van der Waals surface area contributed by atoms with E-state index in [9.17, 15) is 0 Å². The number of nitrogens with one attached hydrogen (secondary N) is 2. The first kappa shape index (κ1) is 16.3. The standard InChI is InChI=1S/C19H23N3O2/c1-19(2,3)24-18(23-12-20)11-21-13-8-9-17-15(10-13)14-6-4-5-7-16(14)22-17/h4-7,11,13,21-22H,8-10H2,1-3H3. The number of H-pyrrole nitrogens is 1. The quantitative estimate of drug-likeness (QED) is 0.664. The van der Waals surface area contributed by atoms with Crippen molar-refractivity contribution in [2.24, 2.45) is 0 Å². The van der Waals surface area contributed by atoms with Crippen LogP contribution in [0.4, 0.5) is 0 Å². The SMILES string of the molecule is CC(C)(C)OC(=CNC1CCc2[nH]c3ccccc3c2C1)OC#N. The zero-order valence-corrected chi connectivity index (χ0v) is 14.3. The lowest BCUT2D eigenvalue weighted by Crippen LogP contribution is -2.32. The molecule has 0 aliphatic heterocycles. The second-order valence-electron chi connectivity index (χ2n) is 7.11. The van der Waals surface area contributed by atoms with Crippen LogP contribution in [0.3, 0.4) is 0 Å². The van der Waals surface area contributed by atoms with Crippen molar-refractivity contribution < 1.29 is 9.47 Å². The number of aromatic nitrogens is 1. The number of hydrogen-bond acceptors (Lipinski definition) is 4. The summed E-state index contributed by atoms with van der Waals surface area (Å²) in [6.07, 6.45) is 6.30. The number of aryl methyl sites for hydroxylation is 1. The molecular formula is C19H23N3O2. The van der Waals surface area contributed by atoms with Gasteiger partial charge in [-0.3, -0.25) is 0 Å². The summed E-state index contributed by atoms with van der Waals surface area (Å²) in [6.45, 7) is 5.75. The molecule has 0 amide bonds. The lowest BCUT2D eigenvalue weighted by molar-refractivity contribution is -0.0171. The number of benzene rings is 1. The Kier molecular flexibility index (Phi) is 4.39. The zero-order valence-electron chi connectivity index (χ0n) is 14.3. The van der Waals surface area contributed by atoms with Crippen LogP contribution in [0.2, 0.25) is 0 Å². The predicted octanol–water partition coefficient (Wildman–Crippen LogP) is 3.73. The molecule has 2 aromatic rings. The summed E-state index contributed by atoms with van der Waals surface area (Å²) in [7, 11) is 0. The molecule has 0 spiro atoms. The number of rotatable bonds is 4. The van der Waals surface area contributed by atoms with Crippen LogP contribution < -0.4 is 5.32 Å². The highest BCUT2D eigenvalue weighted by Crippen LogP contribution is 2.29. The van der Waals surface area contributed by atoms with Crippen molar-refractivity contribution in [3.8, 4) is 6.26 Å². The largest absolute Gasteiger partial charge is 0.458 e. The van der Waals surface area contributed by atoms with Crippen molar-refractivity contribution in [3.63, 3.8) is 0 Å². The van der Waals surface area contributed by atoms with Crippen LogP contribution in [0, 0.1) is 11.5 Å². The Bertz CT molecular complexity index is 793. The fraction of sp³-hybridized carbons (Fsp3) is 0.421. The van der Waals surface area contributed by atoms with Gasteiger partial charge < -0.3 is 19.8 Å². The van der Waals surface area contributed by atoms with Gasteiger partial charge in [-0.05, 0) is 51.7 Å². The third-order valence-corrected chi connectivity index (χ3v) is 4.09. The molecule has 3 rings (SSSR count). The fourth-order valence-corrected chi connectivity index (χ4v) is 3.12. The number of nitrogens with zero attached hydrogens (tertiary/aromatic N) is 1. The number of fused-ring (bicyclic) bond motifs is 3. The van der Waals surface area contributed by atoms with Crippen molar-refractivity contribution in [3.05, 3.63) is 47.7 Å². The Labute approximate surface area is 142 Å². The number of ether oxygens (including phenoxy) is 2. The Morgan fingerprint density at radius 3 is 2.92 bits per heavy atom. The summed E-state index contributed by atoms with van der Waals surface area (Å²) in [6, 6.07) is 8.70. The molecule has 1 aromatic heterocycles. The first-order chi connectivity index (χ1) is 11.5. The van der Waals surface area contributed by atoms with Gasteiger partial charge in [0.25, 0.3) is 6.26 Å². The molecule has 0 saturated heterocycles. The van der Waals surface area contributed by atoms with Gasteiger partial charge in [-0.15, -0.1) is 5.26 Å². The Morgan fingerprint density at radius 1 is 1.38 bits per heavy atom. The molecule has 0 saturated carbocycles. The monoisotopic (exact) mass is 325 g/mol. The smallest absolute Gasteiger partial charge is 0.312 e. The van der Waals surface area contributed by atoms with Crippen LogP contribution in [-0.2, 0) is 22.3 Å². The molecule has 5 nitrogen and oxygen atoms in total. The number of aromatic amines is 1. The van der Waals surface area contributed by atoms with Gasteiger partial charge in [0.2, 0.25) is 0 Å². The molecule has 126 valence electrons. The maximum absolute atomic E-state index is 8.77. The van der Waals surface area contributed by atoms with E-state index in [1.165, 1.54) is 22.2 Å². The first-order valence-electron chi connectivity index (χ1n) is 8.26. The molecule has 1 unspecified atom stereocenters. The van der Waals surface area contributed by atoms with E-state index >= 15 is 0 Å². The fourth-order valence-electron chi connectivity index (χ4n) is 3.12. The van der Waals surface area contributed by atoms with E-state index in [-0.39, 0.29) is 12.0 Å². The summed E-state index contributed by atoms with van der Waals surface area (Å²) in [5, 5.41) is 13.4. The first-order valence-corrected chi connectivity index (χ1v) is 8.26. The van der Waals surface area contributed by atoms with E-state index in [0.717, 1.165) is 19.3 Å². The van der Waals surface area contributed by atoms with E-state index in [4.69, 9.17) is 14.7 Å². The highest BCUT2D eigenvalue weighted by molar-refractivity contribution is 5.84. The number of nitriles is 1. The summed E-state index contributed by atoms with van der Waals surface area (Å²) < 4.78 is 10.6. The summed E-state index contributed by atoms with van der Waals surface area (Å²) in [5.41, 5.74) is 3.49. The van der Waals surface area contributed by atoms with Crippen molar-refractivity contribution in [2.45, 2.75) is 51.7 Å². The van der Waals surface area contributed by atoms with Crippen molar-refractivity contribution in [1.29, 1.82) is 5.26 Å². The molecule has 0 fully saturated rings. The lowest BCUT2D eigenvalue weighted by atomic mass is 9.91. The molecule has 1 aliphatic carbocycles. The summed E-state index contributed by atoms with van der Waals surface area (Å²) >= 11 is 0. The van der Waals surface area contributed by atoms with Crippen LogP contribution in [0.5, 0.6) is 0 Å². The molecule has 0 radical (unpaired) electrons. The summed E-state index contributed by atoms with van der Waals surface area (Å²) in [4.78, 5) is 3.52. The third-order valence-electron chi connectivity index (χ3n) is 4.09. The van der Waals surface area contributed by atoms with E-state index in [1.54, 1.807) is 12.5 Å². The van der Waals surface area contributed by atoms with Crippen molar-refractivity contribution >= 4 is 10.9 Å². The van der Waals surface area contributed by atoms with Gasteiger partial charge in [0, 0.05) is 22.6 Å². The van der Waals surface area contributed by atoms with E-state index in [0.29, 0.717) is 0 Å². The van der Waals surface area contributed by atoms with Crippen LogP contribution in [0.1, 0.15) is 38.4 Å². The van der Waals surface area contributed by atoms with E-state index in [2.05, 4.69) is 34.6 Å². The molecule has 1 atom stereocenters. The molecule has 2 N–H and O–H groups in total. The maximum atomic E-state index is 8.77. The molecule has 24 heavy (non-hydrogen) atoms. The number of para-hydroxylation sites is 1. The molecule has 1 heterocycles. The van der Waals surface area contributed by atoms with Gasteiger partial charge in [0.1, 0.15) is 5.60 Å². The van der Waals surface area contributed by atoms with Crippen LogP contribution in [0.25, 0.3) is 10.9 Å². The molecule has 1 aliphatic rings. The van der Waals surface area contributed by atoms with Gasteiger partial charge in [0.15, 0.2) is 0 Å². The Hall–Kier alpha value is -2.61. The number of hydrogen-bond donors (Lipinski definition) is 2. The zero-order chi connectivity index (χ0) is 17.2. The van der Waals surface area contributed by atoms with Gasteiger partial charge in [0.05, 0.1) is 6.20 Å².